The number of phenols is 1. The van der Waals surface area contributed by atoms with E-state index in [1.54, 1.807) is 4.68 Å². The third-order valence-electron chi connectivity index (χ3n) is 2.29. The molecular formula is C11H12FN3O. The molecule has 2 aromatic rings. The third-order valence-corrected chi connectivity index (χ3v) is 2.29. The quantitative estimate of drug-likeness (QED) is 0.864. The van der Waals surface area contributed by atoms with Crippen LogP contribution in [-0.2, 0) is 6.54 Å². The minimum absolute atomic E-state index is 0.0288. The number of hydrogen-bond donors (Lipinski definition) is 1. The minimum Gasteiger partial charge on any atom is -0.507 e. The van der Waals surface area contributed by atoms with Crippen molar-refractivity contribution in [3.05, 3.63) is 30.2 Å². The Morgan fingerprint density at radius 2 is 2.25 bits per heavy atom. The molecule has 84 valence electrons. The van der Waals surface area contributed by atoms with E-state index in [2.05, 4.69) is 10.3 Å². The SMILES string of the molecule is CCCn1nncc1-c1cc(F)ccc1O. The van der Waals surface area contributed by atoms with Crippen LogP contribution in [0, 0.1) is 5.82 Å². The van der Waals surface area contributed by atoms with E-state index in [-0.39, 0.29) is 5.75 Å². The van der Waals surface area contributed by atoms with Gasteiger partial charge in [-0.15, -0.1) is 5.10 Å². The first-order valence-corrected chi connectivity index (χ1v) is 5.09. The molecule has 1 N–H and O–H groups in total. The van der Waals surface area contributed by atoms with Crippen molar-refractivity contribution < 1.29 is 9.50 Å². The van der Waals surface area contributed by atoms with Gasteiger partial charge in [0, 0.05) is 12.1 Å². The number of aromatic hydroxyl groups is 1. The summed E-state index contributed by atoms with van der Waals surface area (Å²) in [7, 11) is 0. The summed E-state index contributed by atoms with van der Waals surface area (Å²) < 4.78 is 14.7. The maximum atomic E-state index is 13.1. The van der Waals surface area contributed by atoms with E-state index in [1.807, 2.05) is 6.92 Å². The Balaban J connectivity index is 2.49. The van der Waals surface area contributed by atoms with Crippen molar-refractivity contribution in [3.63, 3.8) is 0 Å². The van der Waals surface area contributed by atoms with Crippen molar-refractivity contribution in [1.82, 2.24) is 15.0 Å². The number of aromatic nitrogens is 3. The maximum Gasteiger partial charge on any atom is 0.125 e. The van der Waals surface area contributed by atoms with Crippen LogP contribution in [0.1, 0.15) is 13.3 Å². The molecular weight excluding hydrogens is 209 g/mol. The third kappa shape index (κ3) is 1.88. The Labute approximate surface area is 92.3 Å². The molecule has 0 saturated carbocycles. The lowest BCUT2D eigenvalue weighted by Gasteiger charge is -2.06. The second-order valence-corrected chi connectivity index (χ2v) is 3.50. The molecule has 0 aliphatic heterocycles. The number of benzene rings is 1. The van der Waals surface area contributed by atoms with Gasteiger partial charge in [-0.3, -0.25) is 0 Å². The molecule has 0 aliphatic rings. The highest BCUT2D eigenvalue weighted by Gasteiger charge is 2.11. The molecule has 0 radical (unpaired) electrons. The van der Waals surface area contributed by atoms with Gasteiger partial charge in [-0.1, -0.05) is 12.1 Å². The predicted octanol–water partition coefficient (Wildman–Crippen LogP) is 2.20. The van der Waals surface area contributed by atoms with E-state index in [9.17, 15) is 9.50 Å². The summed E-state index contributed by atoms with van der Waals surface area (Å²) in [5, 5.41) is 17.3. The van der Waals surface area contributed by atoms with Gasteiger partial charge in [-0.2, -0.15) is 0 Å². The van der Waals surface area contributed by atoms with E-state index >= 15 is 0 Å². The Kier molecular flexibility index (Phi) is 2.85. The van der Waals surface area contributed by atoms with Crippen LogP contribution < -0.4 is 0 Å². The molecule has 0 spiro atoms. The van der Waals surface area contributed by atoms with Gasteiger partial charge in [-0.05, 0) is 24.6 Å². The average molecular weight is 221 g/mol. The first-order valence-electron chi connectivity index (χ1n) is 5.09. The molecule has 0 fully saturated rings. The van der Waals surface area contributed by atoms with Crippen molar-refractivity contribution in [2.24, 2.45) is 0 Å². The summed E-state index contributed by atoms with van der Waals surface area (Å²) in [5.74, 6) is -0.363. The van der Waals surface area contributed by atoms with Gasteiger partial charge in [0.1, 0.15) is 11.6 Å². The molecule has 1 heterocycles. The summed E-state index contributed by atoms with van der Waals surface area (Å²) in [6.07, 6.45) is 2.41. The molecule has 1 aromatic heterocycles. The summed E-state index contributed by atoms with van der Waals surface area (Å²) in [6.45, 7) is 2.70. The summed E-state index contributed by atoms with van der Waals surface area (Å²) >= 11 is 0. The lowest BCUT2D eigenvalue weighted by molar-refractivity contribution is 0.473. The molecule has 2 rings (SSSR count). The summed E-state index contributed by atoms with van der Waals surface area (Å²) in [4.78, 5) is 0. The molecule has 0 amide bonds. The van der Waals surface area contributed by atoms with Crippen LogP contribution >= 0.6 is 0 Å². The van der Waals surface area contributed by atoms with E-state index in [0.29, 0.717) is 17.8 Å². The highest BCUT2D eigenvalue weighted by Crippen LogP contribution is 2.28. The van der Waals surface area contributed by atoms with Crippen molar-refractivity contribution in [2.45, 2.75) is 19.9 Å². The maximum absolute atomic E-state index is 13.1. The zero-order valence-electron chi connectivity index (χ0n) is 8.89. The largest absolute Gasteiger partial charge is 0.507 e. The van der Waals surface area contributed by atoms with E-state index in [4.69, 9.17) is 0 Å². The zero-order valence-corrected chi connectivity index (χ0v) is 8.89. The molecule has 0 aliphatic carbocycles. The molecule has 16 heavy (non-hydrogen) atoms. The number of phenolic OH excluding ortho intramolecular Hbond substituents is 1. The monoisotopic (exact) mass is 221 g/mol. The fourth-order valence-corrected chi connectivity index (χ4v) is 1.56. The number of aryl methyl sites for hydroxylation is 1. The fourth-order valence-electron chi connectivity index (χ4n) is 1.56. The van der Waals surface area contributed by atoms with Gasteiger partial charge in [0.25, 0.3) is 0 Å². The molecule has 4 nitrogen and oxygen atoms in total. The topological polar surface area (TPSA) is 50.9 Å². The Bertz CT molecular complexity index is 496. The van der Waals surface area contributed by atoms with Crippen LogP contribution in [0.5, 0.6) is 5.75 Å². The second kappa shape index (κ2) is 4.30. The van der Waals surface area contributed by atoms with E-state index in [1.165, 1.54) is 24.4 Å². The Morgan fingerprint density at radius 3 is 3.00 bits per heavy atom. The number of nitrogens with zero attached hydrogens (tertiary/aromatic N) is 3. The average Bonchev–Trinajstić information content (AvgIpc) is 2.70. The number of halogens is 1. The van der Waals surface area contributed by atoms with E-state index in [0.717, 1.165) is 6.42 Å². The standard InChI is InChI=1S/C11H12FN3O/c1-2-5-15-10(7-13-14-15)9-6-8(12)3-4-11(9)16/h3-4,6-7,16H,2,5H2,1H3. The predicted molar refractivity (Wildman–Crippen MR) is 57.4 cm³/mol. The van der Waals surface area contributed by atoms with Crippen LogP contribution in [-0.4, -0.2) is 20.1 Å². The van der Waals surface area contributed by atoms with Crippen molar-refractivity contribution >= 4 is 0 Å². The fraction of sp³-hybridized carbons (Fsp3) is 0.273. The van der Waals surface area contributed by atoms with Crippen LogP contribution in [0.3, 0.4) is 0 Å². The van der Waals surface area contributed by atoms with Crippen LogP contribution in [0.4, 0.5) is 4.39 Å². The number of rotatable bonds is 3. The molecule has 0 saturated heterocycles. The smallest absolute Gasteiger partial charge is 0.125 e. The van der Waals surface area contributed by atoms with Gasteiger partial charge in [0.05, 0.1) is 11.9 Å². The van der Waals surface area contributed by atoms with Gasteiger partial charge in [0.15, 0.2) is 0 Å². The molecule has 0 unspecified atom stereocenters. The van der Waals surface area contributed by atoms with Gasteiger partial charge < -0.3 is 5.11 Å². The molecule has 0 bridgehead atoms. The van der Waals surface area contributed by atoms with Crippen LogP contribution in [0.2, 0.25) is 0 Å². The van der Waals surface area contributed by atoms with Gasteiger partial charge in [-0.25, -0.2) is 9.07 Å². The van der Waals surface area contributed by atoms with Crippen LogP contribution in [0.15, 0.2) is 24.4 Å². The molecule has 0 atom stereocenters. The normalized spacial score (nSPS) is 10.6. The summed E-state index contributed by atoms with van der Waals surface area (Å²) in [5.41, 5.74) is 1.04. The molecule has 1 aromatic carbocycles. The van der Waals surface area contributed by atoms with Crippen molar-refractivity contribution in [1.29, 1.82) is 0 Å². The first-order chi connectivity index (χ1) is 7.72. The minimum atomic E-state index is -0.392. The lowest BCUT2D eigenvalue weighted by Crippen LogP contribution is -2.01. The second-order valence-electron chi connectivity index (χ2n) is 3.50. The summed E-state index contributed by atoms with van der Waals surface area (Å²) in [6, 6.07) is 3.82. The Morgan fingerprint density at radius 1 is 1.44 bits per heavy atom. The first kappa shape index (κ1) is 10.6. The molecule has 5 heteroatoms. The van der Waals surface area contributed by atoms with Gasteiger partial charge in [0.2, 0.25) is 0 Å². The van der Waals surface area contributed by atoms with Crippen LogP contribution in [0.25, 0.3) is 11.3 Å². The van der Waals surface area contributed by atoms with Gasteiger partial charge >= 0.3 is 0 Å². The van der Waals surface area contributed by atoms with Crippen molar-refractivity contribution in [3.8, 4) is 17.0 Å². The highest BCUT2D eigenvalue weighted by atomic mass is 19.1. The van der Waals surface area contributed by atoms with E-state index < -0.39 is 5.82 Å². The lowest BCUT2D eigenvalue weighted by atomic mass is 10.1. The van der Waals surface area contributed by atoms with Crippen molar-refractivity contribution in [2.75, 3.05) is 0 Å². The zero-order chi connectivity index (χ0) is 11.5. The Hall–Kier alpha value is -1.91. The highest BCUT2D eigenvalue weighted by molar-refractivity contribution is 5.66. The number of hydrogen-bond acceptors (Lipinski definition) is 3.